The van der Waals surface area contributed by atoms with Gasteiger partial charge in [0.1, 0.15) is 5.76 Å². The van der Waals surface area contributed by atoms with Crippen molar-refractivity contribution in [1.82, 2.24) is 5.32 Å². The quantitative estimate of drug-likeness (QED) is 0.293. The highest BCUT2D eigenvalue weighted by molar-refractivity contribution is 6.21. The molecule has 2 atom stereocenters. The number of aliphatic imine (C=N–C) groups is 3. The lowest BCUT2D eigenvalue weighted by molar-refractivity contribution is -0.140. The number of hydrogen-bond donors (Lipinski definition) is 2. The molecule has 46 heavy (non-hydrogen) atoms. The molecule has 7 heteroatoms. The van der Waals surface area contributed by atoms with E-state index in [1.807, 2.05) is 6.92 Å². The van der Waals surface area contributed by atoms with Crippen LogP contribution < -0.4 is 5.32 Å². The number of carbonyl (C=O) groups excluding carboxylic acids is 1. The molecule has 0 radical (unpaired) electrons. The average molecular weight is 617 g/mol. The topological polar surface area (TPSA) is 95.6 Å². The van der Waals surface area contributed by atoms with Crippen LogP contribution in [-0.4, -0.2) is 35.3 Å². The number of rotatable bonds is 6. The van der Waals surface area contributed by atoms with Gasteiger partial charge in [0, 0.05) is 52.8 Å². The Bertz CT molecular complexity index is 1840. The van der Waals surface area contributed by atoms with Crippen LogP contribution in [0.1, 0.15) is 86.0 Å². The van der Waals surface area contributed by atoms with Gasteiger partial charge in [-0.05, 0) is 98.5 Å². The number of ether oxygens (including phenoxy) is 1. The van der Waals surface area contributed by atoms with Crippen molar-refractivity contribution in [3.8, 4) is 0 Å². The molecule has 2 N–H and O–H groups in total. The van der Waals surface area contributed by atoms with Crippen molar-refractivity contribution < 1.29 is 14.6 Å². The van der Waals surface area contributed by atoms with Gasteiger partial charge in [0.05, 0.1) is 41.3 Å². The van der Waals surface area contributed by atoms with Crippen molar-refractivity contribution in [1.29, 1.82) is 0 Å². The molecular formula is C39H44N4O3. The molecule has 0 aromatic rings. The average Bonchev–Trinajstić information content (AvgIpc) is 3.87. The van der Waals surface area contributed by atoms with Crippen LogP contribution >= 0.6 is 0 Å². The lowest BCUT2D eigenvalue weighted by Crippen LogP contribution is -2.16. The third-order valence-corrected chi connectivity index (χ3v) is 11.1. The number of methoxy groups -OCH3 is 1. The molecule has 0 amide bonds. The maximum Gasteiger partial charge on any atom is 0.305 e. The molecule has 8 bridgehead atoms. The monoisotopic (exact) mass is 616 g/mol. The predicted octanol–water partition coefficient (Wildman–Crippen LogP) is 8.36. The van der Waals surface area contributed by atoms with E-state index in [1.165, 1.54) is 43.9 Å². The van der Waals surface area contributed by atoms with E-state index in [0.717, 1.165) is 85.5 Å². The van der Waals surface area contributed by atoms with Crippen molar-refractivity contribution in [2.24, 2.45) is 32.7 Å². The van der Waals surface area contributed by atoms with E-state index >= 15 is 0 Å². The number of aliphatic hydroxyl groups excluding tert-OH is 1. The first kappa shape index (κ1) is 30.4. The van der Waals surface area contributed by atoms with Crippen LogP contribution in [0.15, 0.2) is 119 Å². The van der Waals surface area contributed by atoms with E-state index in [9.17, 15) is 9.90 Å². The van der Waals surface area contributed by atoms with Gasteiger partial charge in [-0.3, -0.25) is 4.79 Å². The van der Waals surface area contributed by atoms with Crippen molar-refractivity contribution in [2.75, 3.05) is 7.11 Å². The number of esters is 1. The van der Waals surface area contributed by atoms with Crippen LogP contribution in [0.2, 0.25) is 0 Å². The second kappa shape index (κ2) is 11.5. The fraction of sp³-hybridized carbons (Fsp3) is 0.436. The molecule has 7 rings (SSSR count). The fourth-order valence-electron chi connectivity index (χ4n) is 8.36. The van der Waals surface area contributed by atoms with Gasteiger partial charge in [-0.2, -0.15) is 0 Å². The molecule has 0 aromatic carbocycles. The van der Waals surface area contributed by atoms with E-state index in [2.05, 4.69) is 57.8 Å². The van der Waals surface area contributed by atoms with Crippen LogP contribution in [0, 0.1) is 17.8 Å². The summed E-state index contributed by atoms with van der Waals surface area (Å²) in [6.07, 6.45) is 13.4. The highest BCUT2D eigenvalue weighted by Crippen LogP contribution is 2.47. The Hall–Kier alpha value is -4.26. The molecule has 0 aromatic heterocycles. The number of nitrogens with one attached hydrogen (secondary N) is 1. The summed E-state index contributed by atoms with van der Waals surface area (Å²) in [6, 6.07) is 0. The summed E-state index contributed by atoms with van der Waals surface area (Å²) < 4.78 is 5.02. The van der Waals surface area contributed by atoms with Crippen molar-refractivity contribution in [2.45, 2.75) is 86.0 Å². The maximum absolute atomic E-state index is 12.3. The number of hydrogen-bond acceptors (Lipinski definition) is 7. The number of carbonyl (C=O) groups is 1. The zero-order valence-corrected chi connectivity index (χ0v) is 27.9. The van der Waals surface area contributed by atoms with Crippen LogP contribution in [0.3, 0.4) is 0 Å². The fourth-order valence-corrected chi connectivity index (χ4v) is 8.36. The van der Waals surface area contributed by atoms with Crippen molar-refractivity contribution in [3.05, 3.63) is 104 Å². The first-order chi connectivity index (χ1) is 22.1. The lowest BCUT2D eigenvalue weighted by atomic mass is 9.85. The molecular weight excluding hydrogens is 572 g/mol. The molecule has 0 spiro atoms. The third-order valence-electron chi connectivity index (χ3n) is 11.1. The normalized spacial score (nSPS) is 25.7. The van der Waals surface area contributed by atoms with E-state index in [4.69, 9.17) is 19.7 Å². The van der Waals surface area contributed by atoms with Crippen LogP contribution in [-0.2, 0) is 9.53 Å². The molecule has 2 aliphatic carbocycles. The second-order valence-corrected chi connectivity index (χ2v) is 13.6. The van der Waals surface area contributed by atoms with E-state index in [1.54, 1.807) is 0 Å². The van der Waals surface area contributed by atoms with Gasteiger partial charge < -0.3 is 15.2 Å². The van der Waals surface area contributed by atoms with E-state index < -0.39 is 0 Å². The summed E-state index contributed by atoms with van der Waals surface area (Å²) in [7, 11) is 1.44. The first-order valence-corrected chi connectivity index (χ1v) is 16.8. The van der Waals surface area contributed by atoms with Gasteiger partial charge in [0.2, 0.25) is 0 Å². The highest BCUT2D eigenvalue weighted by atomic mass is 16.5. The number of nitrogens with zero attached hydrogens (tertiary/aromatic N) is 3. The molecule has 5 aliphatic heterocycles. The summed E-state index contributed by atoms with van der Waals surface area (Å²) in [4.78, 5) is 27.9. The predicted molar refractivity (Wildman–Crippen MR) is 184 cm³/mol. The van der Waals surface area contributed by atoms with E-state index in [0.29, 0.717) is 30.9 Å². The summed E-state index contributed by atoms with van der Waals surface area (Å²) in [6.45, 7) is 15.4. The molecule has 1 saturated heterocycles. The SMILES string of the molecule is C=C(C1=C(C)C2=NC1=CC1=NC(=CC3=C(C)C4=C(O)CC(=C5NC(=C2)[C@@H](C)[C@@H]5CCC(=O)OC)C4=N3)C(CC)=C1C)C1CCCC1. The Kier molecular flexibility index (Phi) is 7.61. The van der Waals surface area contributed by atoms with Crippen molar-refractivity contribution in [3.63, 3.8) is 0 Å². The molecule has 238 valence electrons. The van der Waals surface area contributed by atoms with Crippen LogP contribution in [0.5, 0.6) is 0 Å². The summed E-state index contributed by atoms with van der Waals surface area (Å²) >= 11 is 0. The third kappa shape index (κ3) is 4.78. The molecule has 7 aliphatic rings. The van der Waals surface area contributed by atoms with Crippen LogP contribution in [0.25, 0.3) is 0 Å². The largest absolute Gasteiger partial charge is 0.511 e. The van der Waals surface area contributed by atoms with Gasteiger partial charge in [0.15, 0.2) is 0 Å². The van der Waals surface area contributed by atoms with Gasteiger partial charge in [-0.1, -0.05) is 33.3 Å². The van der Waals surface area contributed by atoms with Crippen LogP contribution in [0.4, 0.5) is 0 Å². The molecule has 2 fully saturated rings. The van der Waals surface area contributed by atoms with Gasteiger partial charge in [-0.25, -0.2) is 15.0 Å². The Morgan fingerprint density at radius 2 is 1.74 bits per heavy atom. The minimum absolute atomic E-state index is 0.0293. The van der Waals surface area contributed by atoms with Gasteiger partial charge >= 0.3 is 5.97 Å². The van der Waals surface area contributed by atoms with Crippen molar-refractivity contribution >= 4 is 23.1 Å². The lowest BCUT2D eigenvalue weighted by Gasteiger charge is -2.17. The Morgan fingerprint density at radius 1 is 1.02 bits per heavy atom. The highest BCUT2D eigenvalue weighted by Gasteiger charge is 2.41. The molecule has 1 saturated carbocycles. The van der Waals surface area contributed by atoms with E-state index in [-0.39, 0.29) is 17.8 Å². The number of allylic oxidation sites excluding steroid dienone is 12. The summed E-state index contributed by atoms with van der Waals surface area (Å²) in [5.74, 6) is 0.708. The number of aliphatic hydroxyl groups is 1. The first-order valence-electron chi connectivity index (χ1n) is 16.8. The Morgan fingerprint density at radius 3 is 2.46 bits per heavy atom. The summed E-state index contributed by atoms with van der Waals surface area (Å²) in [5, 5.41) is 15.1. The summed E-state index contributed by atoms with van der Waals surface area (Å²) in [5.41, 5.74) is 16.0. The van der Waals surface area contributed by atoms with Gasteiger partial charge in [-0.15, -0.1) is 0 Å². The standard InChI is InChI=1S/C39H44N4O3/c1-8-25-20(3)28-18-33-36(19(2)24-11-9-10-12-24)22(5)30(41-33)16-29-21(4)26(13-14-35(45)46-7)38(42-29)27-15-34(44)37-23(6)31(43-39(27)37)17-32(25)40-28/h16-18,21,24,26,42,44H,2,8-15H2,1,3-7H3/t21-,26-/m0/s1. The maximum atomic E-state index is 12.3. The number of fused-ring (bicyclic) bond motifs is 5. The zero-order valence-electron chi connectivity index (χ0n) is 27.9. The Balaban J connectivity index is 1.45. The van der Waals surface area contributed by atoms with Gasteiger partial charge in [0.25, 0.3) is 0 Å². The second-order valence-electron chi connectivity index (χ2n) is 13.6. The minimum Gasteiger partial charge on any atom is -0.511 e. The zero-order chi connectivity index (χ0) is 32.4. The smallest absolute Gasteiger partial charge is 0.305 e. The molecule has 7 nitrogen and oxygen atoms in total. The molecule has 5 heterocycles. The minimum atomic E-state index is -0.222. The molecule has 0 unspecified atom stereocenters. The Labute approximate surface area is 272 Å².